The van der Waals surface area contributed by atoms with E-state index < -0.39 is 24.5 Å². The third kappa shape index (κ3) is 4.34. The Kier molecular flexibility index (Phi) is 7.36. The lowest BCUT2D eigenvalue weighted by Gasteiger charge is -2.63. The summed E-state index contributed by atoms with van der Waals surface area (Å²) in [5.74, 6) is -1.12. The van der Waals surface area contributed by atoms with Gasteiger partial charge in [-0.15, -0.1) is 0 Å². The number of aliphatic carboxylic acids is 1. The molecule has 0 bridgehead atoms. The molecule has 2 saturated carbocycles. The van der Waals surface area contributed by atoms with E-state index in [0.717, 1.165) is 49.7 Å². The van der Waals surface area contributed by atoms with Crippen molar-refractivity contribution in [3.63, 3.8) is 0 Å². The second kappa shape index (κ2) is 9.96. The lowest BCUT2D eigenvalue weighted by atomic mass is 9.42. The second-order valence-corrected chi connectivity index (χ2v) is 15.3. The van der Waals surface area contributed by atoms with Gasteiger partial charge in [0.05, 0.1) is 6.10 Å². The summed E-state index contributed by atoms with van der Waals surface area (Å²) in [7, 11) is 0. The summed E-state index contributed by atoms with van der Waals surface area (Å²) in [5, 5.41) is 21.1. The SMILES string of the molecule is CC1=C(C)C(CC(C)C2CCC3(C)C4=C(CC(O)C23C)C2(C)CCC(OC(=O)CC(=O)O)C(C)(C)C2CC4)OC1=O. The molecule has 5 aliphatic rings. The number of allylic oxidation sites excluding steroid dienone is 1. The summed E-state index contributed by atoms with van der Waals surface area (Å²) < 4.78 is 11.5. The number of hydrogen-bond acceptors (Lipinski definition) is 6. The largest absolute Gasteiger partial charge is 0.481 e. The highest BCUT2D eigenvalue weighted by molar-refractivity contribution is 5.91. The molecule has 0 spiro atoms. The quantitative estimate of drug-likeness (QED) is 0.217. The zero-order chi connectivity index (χ0) is 30.3. The van der Waals surface area contributed by atoms with E-state index in [4.69, 9.17) is 14.6 Å². The van der Waals surface area contributed by atoms with Gasteiger partial charge in [-0.05, 0) is 99.4 Å². The molecule has 0 aromatic rings. The first-order valence-corrected chi connectivity index (χ1v) is 15.7. The molecule has 7 heteroatoms. The lowest BCUT2D eigenvalue weighted by molar-refractivity contribution is -0.173. The molecule has 0 amide bonds. The van der Waals surface area contributed by atoms with Crippen molar-refractivity contribution in [3.05, 3.63) is 22.3 Å². The van der Waals surface area contributed by atoms with Crippen LogP contribution in [0.4, 0.5) is 0 Å². The van der Waals surface area contributed by atoms with Crippen LogP contribution in [0.15, 0.2) is 22.3 Å². The van der Waals surface area contributed by atoms with Gasteiger partial charge in [0.15, 0.2) is 0 Å². The number of aliphatic hydroxyl groups is 1. The Hall–Kier alpha value is -2.15. The van der Waals surface area contributed by atoms with Crippen LogP contribution in [0.2, 0.25) is 0 Å². The molecular weight excluding hydrogens is 520 g/mol. The molecule has 0 saturated heterocycles. The Balaban J connectivity index is 1.42. The number of fused-ring (bicyclic) bond motifs is 4. The molecule has 0 aromatic heterocycles. The number of esters is 2. The molecule has 4 aliphatic carbocycles. The van der Waals surface area contributed by atoms with E-state index in [-0.39, 0.29) is 45.8 Å². The molecule has 7 nitrogen and oxygen atoms in total. The summed E-state index contributed by atoms with van der Waals surface area (Å²) in [5.41, 5.74) is 3.99. The third-order valence-electron chi connectivity index (χ3n) is 13.3. The minimum atomic E-state index is -1.16. The maximum atomic E-state index is 12.3. The highest BCUT2D eigenvalue weighted by atomic mass is 16.6. The van der Waals surface area contributed by atoms with Gasteiger partial charge in [0.1, 0.15) is 18.6 Å². The third-order valence-corrected chi connectivity index (χ3v) is 13.3. The minimum absolute atomic E-state index is 0.0979. The summed E-state index contributed by atoms with van der Waals surface area (Å²) in [4.78, 5) is 35.5. The summed E-state index contributed by atoms with van der Waals surface area (Å²) in [6.45, 7) is 17.6. The number of cyclic esters (lactones) is 1. The van der Waals surface area contributed by atoms with E-state index in [0.29, 0.717) is 24.7 Å². The van der Waals surface area contributed by atoms with Crippen LogP contribution in [-0.4, -0.2) is 46.4 Å². The van der Waals surface area contributed by atoms with Gasteiger partial charge in [-0.25, -0.2) is 4.79 Å². The minimum Gasteiger partial charge on any atom is -0.481 e. The predicted octanol–water partition coefficient (Wildman–Crippen LogP) is 6.38. The van der Waals surface area contributed by atoms with Gasteiger partial charge in [-0.3, -0.25) is 9.59 Å². The van der Waals surface area contributed by atoms with Crippen LogP contribution < -0.4 is 0 Å². The number of carbonyl (C=O) groups excluding carboxylic acids is 2. The van der Waals surface area contributed by atoms with Gasteiger partial charge in [0.2, 0.25) is 0 Å². The molecule has 5 rings (SSSR count). The maximum absolute atomic E-state index is 12.3. The fourth-order valence-corrected chi connectivity index (χ4v) is 10.6. The number of carbonyl (C=O) groups is 3. The smallest absolute Gasteiger partial charge is 0.334 e. The molecule has 1 aliphatic heterocycles. The number of aliphatic hydroxyl groups excluding tert-OH is 1. The monoisotopic (exact) mass is 570 g/mol. The fraction of sp³-hybridized carbons (Fsp3) is 0.794. The van der Waals surface area contributed by atoms with Crippen molar-refractivity contribution in [2.75, 3.05) is 0 Å². The van der Waals surface area contributed by atoms with Crippen molar-refractivity contribution < 1.29 is 34.1 Å². The summed E-state index contributed by atoms with van der Waals surface area (Å²) >= 11 is 0. The van der Waals surface area contributed by atoms with Gasteiger partial charge in [0.25, 0.3) is 0 Å². The normalized spacial score (nSPS) is 42.3. The average molecular weight is 571 g/mol. The van der Waals surface area contributed by atoms with E-state index in [1.54, 1.807) is 5.57 Å². The van der Waals surface area contributed by atoms with Crippen LogP contribution in [0.25, 0.3) is 0 Å². The Morgan fingerprint density at radius 3 is 2.34 bits per heavy atom. The number of carboxylic acids is 1. The molecular formula is C34H50O7. The van der Waals surface area contributed by atoms with Crippen molar-refractivity contribution >= 4 is 17.9 Å². The first-order chi connectivity index (χ1) is 19.0. The fourth-order valence-electron chi connectivity index (χ4n) is 10.6. The maximum Gasteiger partial charge on any atom is 0.334 e. The van der Waals surface area contributed by atoms with E-state index in [2.05, 4.69) is 41.5 Å². The highest BCUT2D eigenvalue weighted by Crippen LogP contribution is 2.72. The van der Waals surface area contributed by atoms with Gasteiger partial charge in [0, 0.05) is 16.4 Å². The van der Waals surface area contributed by atoms with Crippen molar-refractivity contribution in [1.82, 2.24) is 0 Å². The van der Waals surface area contributed by atoms with Gasteiger partial charge < -0.3 is 19.7 Å². The number of rotatable bonds is 6. The van der Waals surface area contributed by atoms with Crippen LogP contribution in [-0.2, 0) is 23.9 Å². The zero-order valence-electron chi connectivity index (χ0n) is 26.3. The highest BCUT2D eigenvalue weighted by Gasteiger charge is 2.66. The van der Waals surface area contributed by atoms with Crippen molar-refractivity contribution in [1.29, 1.82) is 0 Å². The van der Waals surface area contributed by atoms with Crippen molar-refractivity contribution in [3.8, 4) is 0 Å². The summed E-state index contributed by atoms with van der Waals surface area (Å²) in [6, 6.07) is 0. The Morgan fingerprint density at radius 2 is 1.73 bits per heavy atom. The van der Waals surface area contributed by atoms with Crippen LogP contribution in [0.1, 0.15) is 113 Å². The average Bonchev–Trinajstić information content (AvgIpc) is 3.29. The van der Waals surface area contributed by atoms with E-state index in [9.17, 15) is 19.5 Å². The molecule has 9 atom stereocenters. The molecule has 1 heterocycles. The van der Waals surface area contributed by atoms with Crippen molar-refractivity contribution in [2.45, 2.75) is 131 Å². The van der Waals surface area contributed by atoms with E-state index >= 15 is 0 Å². The topological polar surface area (TPSA) is 110 Å². The molecule has 228 valence electrons. The first-order valence-electron chi connectivity index (χ1n) is 15.7. The predicted molar refractivity (Wildman–Crippen MR) is 155 cm³/mol. The Morgan fingerprint density at radius 1 is 1.05 bits per heavy atom. The van der Waals surface area contributed by atoms with Crippen molar-refractivity contribution in [2.24, 2.45) is 39.4 Å². The second-order valence-electron chi connectivity index (χ2n) is 15.3. The van der Waals surface area contributed by atoms with Gasteiger partial charge >= 0.3 is 17.9 Å². The van der Waals surface area contributed by atoms with E-state index in [1.807, 2.05) is 13.8 Å². The standard InChI is InChI=1S/C34H50O7/c1-18(15-24-19(2)20(3)30(39)40-24)21-11-14-33(7)22-9-10-25-31(4,5)27(41-29(38)17-28(36)37)12-13-32(25,6)23(22)16-26(35)34(21,33)8/h18,21,24-27,35H,9-17H2,1-8H3,(H,36,37). The first kappa shape index (κ1) is 30.3. The summed E-state index contributed by atoms with van der Waals surface area (Å²) in [6.07, 6.45) is 5.56. The number of hydrogen-bond donors (Lipinski definition) is 2. The Bertz CT molecular complexity index is 1210. The lowest BCUT2D eigenvalue weighted by Crippen LogP contribution is -2.58. The molecule has 2 fully saturated rings. The number of carboxylic acid groups (broad SMARTS) is 1. The van der Waals surface area contributed by atoms with Crippen LogP contribution in [0.3, 0.4) is 0 Å². The molecule has 2 N–H and O–H groups in total. The number of ether oxygens (including phenoxy) is 2. The molecule has 0 aromatic carbocycles. The van der Waals surface area contributed by atoms with Crippen LogP contribution >= 0.6 is 0 Å². The van der Waals surface area contributed by atoms with Crippen LogP contribution in [0, 0.1) is 39.4 Å². The molecule has 0 radical (unpaired) electrons. The van der Waals surface area contributed by atoms with Crippen LogP contribution in [0.5, 0.6) is 0 Å². The zero-order valence-corrected chi connectivity index (χ0v) is 26.3. The Labute approximate surface area is 245 Å². The van der Waals surface area contributed by atoms with E-state index in [1.165, 1.54) is 5.57 Å². The molecule has 41 heavy (non-hydrogen) atoms. The van der Waals surface area contributed by atoms with Gasteiger partial charge in [-0.1, -0.05) is 52.7 Å². The van der Waals surface area contributed by atoms with Gasteiger partial charge in [-0.2, -0.15) is 0 Å². The molecule has 9 unspecified atom stereocenters.